The molecule has 4 nitrogen and oxygen atoms in total. The first-order valence-electron chi connectivity index (χ1n) is 3.86. The largest absolute Gasteiger partial charge is 0.288 e. The van der Waals surface area contributed by atoms with Crippen LogP contribution in [0.4, 0.5) is 5.69 Å². The molecule has 0 amide bonds. The van der Waals surface area contributed by atoms with Gasteiger partial charge in [-0.2, -0.15) is 0 Å². The number of nitrogens with zero attached hydrogens (tertiary/aromatic N) is 2. The van der Waals surface area contributed by atoms with Gasteiger partial charge in [-0.3, -0.25) is 10.1 Å². The number of benzene rings is 1. The Balaban J connectivity index is 2.67. The third-order valence-electron chi connectivity index (χ3n) is 1.84. The van der Waals surface area contributed by atoms with Crippen LogP contribution in [0.1, 0.15) is 0 Å². The monoisotopic (exact) mass is 252 g/mol. The second kappa shape index (κ2) is 3.34. The Kier molecular flexibility index (Phi) is 2.17. The maximum Gasteiger partial charge on any atom is 0.288 e. The summed E-state index contributed by atoms with van der Waals surface area (Å²) < 4.78 is 0.909. The molecule has 0 aliphatic rings. The van der Waals surface area contributed by atoms with Gasteiger partial charge in [-0.15, -0.1) is 0 Å². The van der Waals surface area contributed by atoms with Crippen molar-refractivity contribution in [2.24, 2.45) is 0 Å². The average molecular weight is 253 g/mol. The Morgan fingerprint density at radius 2 is 2.14 bits per heavy atom. The number of fused-ring (bicyclic) bond motifs is 1. The zero-order valence-electron chi connectivity index (χ0n) is 6.98. The van der Waals surface area contributed by atoms with Crippen molar-refractivity contribution in [3.8, 4) is 0 Å². The summed E-state index contributed by atoms with van der Waals surface area (Å²) in [5.41, 5.74) is 0.754. The highest BCUT2D eigenvalue weighted by Gasteiger charge is 2.06. The van der Waals surface area contributed by atoms with Crippen molar-refractivity contribution in [2.45, 2.75) is 0 Å². The molecule has 1 aromatic heterocycles. The van der Waals surface area contributed by atoms with E-state index in [0.29, 0.717) is 0 Å². The van der Waals surface area contributed by atoms with Crippen LogP contribution in [0.25, 0.3) is 10.9 Å². The van der Waals surface area contributed by atoms with Crippen LogP contribution in [0.3, 0.4) is 0 Å². The van der Waals surface area contributed by atoms with Crippen molar-refractivity contribution < 1.29 is 4.92 Å². The highest BCUT2D eigenvalue weighted by atomic mass is 79.9. The van der Waals surface area contributed by atoms with E-state index in [4.69, 9.17) is 0 Å². The summed E-state index contributed by atoms with van der Waals surface area (Å²) in [5, 5.41) is 11.2. The Labute approximate surface area is 87.9 Å². The molecule has 0 saturated carbocycles. The third-order valence-corrected chi connectivity index (χ3v) is 2.34. The predicted molar refractivity (Wildman–Crippen MR) is 56.1 cm³/mol. The molecular formula is C9H5BrN2O2. The van der Waals surface area contributed by atoms with Gasteiger partial charge in [0.1, 0.15) is 6.20 Å². The van der Waals surface area contributed by atoms with Gasteiger partial charge < -0.3 is 0 Å². The van der Waals surface area contributed by atoms with Crippen LogP contribution < -0.4 is 0 Å². The van der Waals surface area contributed by atoms with Crippen molar-refractivity contribution in [1.29, 1.82) is 0 Å². The SMILES string of the molecule is O=[N+]([O-])c1cnc2cc(Br)ccc2c1. The Bertz CT molecular complexity index is 513. The Morgan fingerprint density at radius 1 is 1.36 bits per heavy atom. The fourth-order valence-corrected chi connectivity index (χ4v) is 1.53. The van der Waals surface area contributed by atoms with E-state index in [-0.39, 0.29) is 5.69 Å². The number of rotatable bonds is 1. The van der Waals surface area contributed by atoms with Crippen molar-refractivity contribution in [3.63, 3.8) is 0 Å². The molecule has 0 aliphatic carbocycles. The van der Waals surface area contributed by atoms with E-state index in [1.807, 2.05) is 12.1 Å². The van der Waals surface area contributed by atoms with E-state index in [1.54, 1.807) is 6.07 Å². The van der Waals surface area contributed by atoms with Crippen molar-refractivity contribution in [3.05, 3.63) is 45.0 Å². The van der Waals surface area contributed by atoms with Gasteiger partial charge in [-0.05, 0) is 12.1 Å². The molecule has 14 heavy (non-hydrogen) atoms. The molecule has 2 rings (SSSR count). The highest BCUT2D eigenvalue weighted by Crippen LogP contribution is 2.21. The Hall–Kier alpha value is -1.49. The van der Waals surface area contributed by atoms with E-state index >= 15 is 0 Å². The minimum atomic E-state index is -0.450. The minimum absolute atomic E-state index is 0.0137. The number of nitro groups is 1. The van der Waals surface area contributed by atoms with Gasteiger partial charge in [0, 0.05) is 15.9 Å². The molecule has 0 spiro atoms. The number of pyridine rings is 1. The average Bonchev–Trinajstić information content (AvgIpc) is 2.16. The molecule has 0 unspecified atom stereocenters. The first-order chi connectivity index (χ1) is 6.66. The second-order valence-corrected chi connectivity index (χ2v) is 3.70. The standard InChI is InChI=1S/C9H5BrN2O2/c10-7-2-1-6-3-8(12(13)14)5-11-9(6)4-7/h1-5H. The lowest BCUT2D eigenvalue weighted by Gasteiger charge is -1.97. The molecule has 0 atom stereocenters. The van der Waals surface area contributed by atoms with Crippen LogP contribution in [-0.4, -0.2) is 9.91 Å². The van der Waals surface area contributed by atoms with Gasteiger partial charge in [-0.1, -0.05) is 22.0 Å². The zero-order valence-corrected chi connectivity index (χ0v) is 8.56. The molecule has 0 bridgehead atoms. The molecular weight excluding hydrogens is 248 g/mol. The maximum absolute atomic E-state index is 10.5. The summed E-state index contributed by atoms with van der Waals surface area (Å²) >= 11 is 3.31. The summed E-state index contributed by atoms with van der Waals surface area (Å²) in [7, 11) is 0. The van der Waals surface area contributed by atoms with E-state index in [2.05, 4.69) is 20.9 Å². The summed E-state index contributed by atoms with van der Waals surface area (Å²) in [6, 6.07) is 6.95. The lowest BCUT2D eigenvalue weighted by molar-refractivity contribution is -0.385. The van der Waals surface area contributed by atoms with Gasteiger partial charge in [-0.25, -0.2) is 4.98 Å². The summed E-state index contributed by atoms with van der Waals surface area (Å²) in [5.74, 6) is 0. The zero-order chi connectivity index (χ0) is 10.1. The lowest BCUT2D eigenvalue weighted by Crippen LogP contribution is -1.89. The van der Waals surface area contributed by atoms with Gasteiger partial charge >= 0.3 is 0 Å². The molecule has 5 heteroatoms. The smallest absolute Gasteiger partial charge is 0.258 e. The molecule has 0 fully saturated rings. The normalized spacial score (nSPS) is 10.4. The first kappa shape index (κ1) is 9.08. The molecule has 1 heterocycles. The predicted octanol–water partition coefficient (Wildman–Crippen LogP) is 2.91. The first-order valence-corrected chi connectivity index (χ1v) is 4.66. The van der Waals surface area contributed by atoms with E-state index in [1.165, 1.54) is 12.3 Å². The van der Waals surface area contributed by atoms with Crippen molar-refractivity contribution in [2.75, 3.05) is 0 Å². The molecule has 0 aliphatic heterocycles. The van der Waals surface area contributed by atoms with E-state index in [9.17, 15) is 10.1 Å². The minimum Gasteiger partial charge on any atom is -0.258 e. The van der Waals surface area contributed by atoms with E-state index < -0.39 is 4.92 Å². The van der Waals surface area contributed by atoms with Crippen LogP contribution in [0.5, 0.6) is 0 Å². The number of hydrogen-bond donors (Lipinski definition) is 0. The summed E-state index contributed by atoms with van der Waals surface area (Å²) in [4.78, 5) is 14.0. The molecule has 1 aromatic carbocycles. The third kappa shape index (κ3) is 1.58. The van der Waals surface area contributed by atoms with Gasteiger partial charge in [0.05, 0.1) is 10.4 Å². The summed E-state index contributed by atoms with van der Waals surface area (Å²) in [6.07, 6.45) is 1.26. The van der Waals surface area contributed by atoms with Gasteiger partial charge in [0.2, 0.25) is 0 Å². The van der Waals surface area contributed by atoms with Crippen LogP contribution in [0, 0.1) is 10.1 Å². The molecule has 2 aromatic rings. The van der Waals surface area contributed by atoms with Crippen LogP contribution in [0.2, 0.25) is 0 Å². The fraction of sp³-hybridized carbons (Fsp3) is 0. The molecule has 0 N–H and O–H groups in total. The van der Waals surface area contributed by atoms with Gasteiger partial charge in [0.15, 0.2) is 0 Å². The van der Waals surface area contributed by atoms with Crippen molar-refractivity contribution in [1.82, 2.24) is 4.98 Å². The van der Waals surface area contributed by atoms with Crippen LogP contribution >= 0.6 is 15.9 Å². The molecule has 0 radical (unpaired) electrons. The lowest BCUT2D eigenvalue weighted by atomic mass is 10.2. The van der Waals surface area contributed by atoms with E-state index in [0.717, 1.165) is 15.4 Å². The Morgan fingerprint density at radius 3 is 2.86 bits per heavy atom. The quantitative estimate of drug-likeness (QED) is 0.579. The second-order valence-electron chi connectivity index (χ2n) is 2.79. The van der Waals surface area contributed by atoms with Gasteiger partial charge in [0.25, 0.3) is 5.69 Å². The number of aromatic nitrogens is 1. The number of halogens is 1. The van der Waals surface area contributed by atoms with Crippen molar-refractivity contribution >= 4 is 32.5 Å². The summed E-state index contributed by atoms with van der Waals surface area (Å²) in [6.45, 7) is 0. The van der Waals surface area contributed by atoms with Crippen LogP contribution in [0.15, 0.2) is 34.9 Å². The highest BCUT2D eigenvalue weighted by molar-refractivity contribution is 9.10. The van der Waals surface area contributed by atoms with Crippen LogP contribution in [-0.2, 0) is 0 Å². The fourth-order valence-electron chi connectivity index (χ4n) is 1.18. The molecule has 0 saturated heterocycles. The molecule has 70 valence electrons. The maximum atomic E-state index is 10.5. The number of hydrogen-bond acceptors (Lipinski definition) is 3. The topological polar surface area (TPSA) is 56.0 Å².